The number of anilines is 3. The highest BCUT2D eigenvalue weighted by molar-refractivity contribution is 6.32. The first kappa shape index (κ1) is 37.3. The van der Waals surface area contributed by atoms with Crippen LogP contribution in [0.3, 0.4) is 0 Å². The van der Waals surface area contributed by atoms with Crippen molar-refractivity contribution in [1.82, 2.24) is 9.88 Å². The van der Waals surface area contributed by atoms with Gasteiger partial charge in [0.1, 0.15) is 17.3 Å². The van der Waals surface area contributed by atoms with Crippen LogP contribution in [0.25, 0.3) is 0 Å². The number of nitrogens with one attached hydrogen (secondary N) is 3. The van der Waals surface area contributed by atoms with E-state index in [0.717, 1.165) is 68.4 Å². The Morgan fingerprint density at radius 1 is 1.08 bits per heavy atom. The topological polar surface area (TPSA) is 125 Å². The summed E-state index contributed by atoms with van der Waals surface area (Å²) in [4.78, 5) is 19.4. The summed E-state index contributed by atoms with van der Waals surface area (Å²) >= 11 is 6.76. The summed E-state index contributed by atoms with van der Waals surface area (Å²) in [6.07, 6.45) is 14.0. The number of carbonyl (C=O) groups excluding carboxylic acids is 1. The highest BCUT2D eigenvalue weighted by atomic mass is 35.5. The number of amides is 1. The maximum atomic E-state index is 13.1. The SMILES string of the molecule is CCOc1cc2c(cc1NC(=O)CCCN(C)C)C(Nc1ccc(OCc3ncc(C)o3)c(Cl)c1)C(C#N)C1(CCCCCCCCCC1)N2. The van der Waals surface area contributed by atoms with Gasteiger partial charge in [0.25, 0.3) is 0 Å². The fourth-order valence-electron chi connectivity index (χ4n) is 7.30. The first-order chi connectivity index (χ1) is 24.2. The van der Waals surface area contributed by atoms with Crippen molar-refractivity contribution in [2.24, 2.45) is 5.92 Å². The molecule has 2 aliphatic rings. The molecule has 1 aliphatic heterocycles. The van der Waals surface area contributed by atoms with Crippen molar-refractivity contribution in [3.05, 3.63) is 58.8 Å². The molecule has 3 aromatic rings. The van der Waals surface area contributed by atoms with Gasteiger partial charge in [0, 0.05) is 29.4 Å². The van der Waals surface area contributed by atoms with Gasteiger partial charge in [-0.25, -0.2) is 4.98 Å². The van der Waals surface area contributed by atoms with E-state index in [9.17, 15) is 10.1 Å². The molecular weight excluding hydrogens is 652 g/mol. The summed E-state index contributed by atoms with van der Waals surface area (Å²) in [7, 11) is 4.00. The number of hydrogen-bond donors (Lipinski definition) is 3. The molecule has 0 saturated heterocycles. The normalized spacial score (nSPS) is 19.1. The largest absolute Gasteiger partial charge is 0.492 e. The van der Waals surface area contributed by atoms with Crippen LogP contribution in [0.2, 0.25) is 5.02 Å². The molecule has 3 N–H and O–H groups in total. The number of nitriles is 1. The van der Waals surface area contributed by atoms with Crippen LogP contribution in [-0.2, 0) is 11.4 Å². The fraction of sp³-hybridized carbons (Fsp3) is 0.564. The Morgan fingerprint density at radius 2 is 1.80 bits per heavy atom. The first-order valence-corrected chi connectivity index (χ1v) is 18.6. The quantitative estimate of drug-likeness (QED) is 0.169. The molecule has 2 aromatic carbocycles. The van der Waals surface area contributed by atoms with Gasteiger partial charge in [-0.1, -0.05) is 63.0 Å². The molecule has 10 nitrogen and oxygen atoms in total. The van der Waals surface area contributed by atoms with E-state index >= 15 is 0 Å². The van der Waals surface area contributed by atoms with Crippen LogP contribution in [0.15, 0.2) is 40.9 Å². The Labute approximate surface area is 302 Å². The number of ether oxygens (including phenoxy) is 2. The van der Waals surface area contributed by atoms with Gasteiger partial charge in [0.2, 0.25) is 11.8 Å². The number of carbonyl (C=O) groups is 1. The zero-order chi connectivity index (χ0) is 35.5. The van der Waals surface area contributed by atoms with Crippen molar-refractivity contribution in [2.75, 3.05) is 43.2 Å². The van der Waals surface area contributed by atoms with Crippen LogP contribution in [0.4, 0.5) is 17.1 Å². The Bertz CT molecular complexity index is 1610. The minimum Gasteiger partial charge on any atom is -0.492 e. The first-order valence-electron chi connectivity index (χ1n) is 18.2. The monoisotopic (exact) mass is 704 g/mol. The van der Waals surface area contributed by atoms with Crippen molar-refractivity contribution >= 4 is 34.6 Å². The summed E-state index contributed by atoms with van der Waals surface area (Å²) in [6, 6.07) is 11.9. The van der Waals surface area contributed by atoms with E-state index in [4.69, 9.17) is 25.5 Å². The third kappa shape index (κ3) is 9.64. The lowest BCUT2D eigenvalue weighted by Crippen LogP contribution is -2.52. The predicted molar refractivity (Wildman–Crippen MR) is 199 cm³/mol. The van der Waals surface area contributed by atoms with E-state index in [1.54, 1.807) is 6.20 Å². The molecule has 2 heterocycles. The van der Waals surface area contributed by atoms with Crippen molar-refractivity contribution in [3.8, 4) is 17.6 Å². The minimum atomic E-state index is -0.439. The molecule has 50 heavy (non-hydrogen) atoms. The Morgan fingerprint density at radius 3 is 2.42 bits per heavy atom. The smallest absolute Gasteiger partial charge is 0.232 e. The number of fused-ring (bicyclic) bond motifs is 1. The van der Waals surface area contributed by atoms with Gasteiger partial charge in [-0.15, -0.1) is 0 Å². The second-order valence-electron chi connectivity index (χ2n) is 14.0. The number of hydrogen-bond acceptors (Lipinski definition) is 9. The van der Waals surface area contributed by atoms with Crippen LogP contribution in [0.5, 0.6) is 11.5 Å². The predicted octanol–water partition coefficient (Wildman–Crippen LogP) is 9.27. The molecule has 1 amide bonds. The third-order valence-corrected chi connectivity index (χ3v) is 10.1. The van der Waals surface area contributed by atoms with E-state index in [0.29, 0.717) is 46.9 Å². The van der Waals surface area contributed by atoms with Crippen molar-refractivity contribution in [3.63, 3.8) is 0 Å². The highest BCUT2D eigenvalue weighted by Crippen LogP contribution is 2.51. The number of aryl methyl sites for hydroxylation is 1. The van der Waals surface area contributed by atoms with Crippen LogP contribution in [0, 0.1) is 24.2 Å². The Kier molecular flexibility index (Phi) is 13.3. The van der Waals surface area contributed by atoms with E-state index in [-0.39, 0.29) is 18.6 Å². The number of oxazole rings is 1. The number of aromatic nitrogens is 1. The molecule has 1 spiro atoms. The zero-order valence-electron chi connectivity index (χ0n) is 30.1. The number of benzene rings is 2. The van der Waals surface area contributed by atoms with Crippen LogP contribution in [-0.4, -0.2) is 48.6 Å². The van der Waals surface area contributed by atoms with E-state index < -0.39 is 11.5 Å². The lowest BCUT2D eigenvalue weighted by atomic mass is 9.68. The van der Waals surface area contributed by atoms with Crippen molar-refractivity contribution in [1.29, 1.82) is 5.26 Å². The number of rotatable bonds is 12. The molecule has 2 atom stereocenters. The summed E-state index contributed by atoms with van der Waals surface area (Å²) < 4.78 is 17.6. The molecular formula is C39H53ClN6O4. The second kappa shape index (κ2) is 17.8. The van der Waals surface area contributed by atoms with Crippen LogP contribution < -0.4 is 25.4 Å². The van der Waals surface area contributed by atoms with Gasteiger partial charge in [0.15, 0.2) is 6.61 Å². The molecule has 1 fully saturated rings. The molecule has 2 unspecified atom stereocenters. The average Bonchev–Trinajstić information content (AvgIpc) is 3.48. The van der Waals surface area contributed by atoms with Crippen LogP contribution >= 0.6 is 11.6 Å². The lowest BCUT2D eigenvalue weighted by molar-refractivity contribution is -0.116. The van der Waals surface area contributed by atoms with E-state index in [2.05, 4.69) is 31.9 Å². The standard InChI is InChI=1S/C39H53ClN6O4/c1-5-48-35-23-32-29(22-33(35)44-36(47)15-14-20-46(3)4)38(30(24-41)39(45-32)18-12-10-8-6-7-9-11-13-19-39)43-28-16-17-34(31(40)21-28)49-26-37-42-25-27(2)50-37/h16-17,21-23,25,30,38,43,45H,5-15,18-20,26H2,1-4H3,(H,44,47). The summed E-state index contributed by atoms with van der Waals surface area (Å²) in [6.45, 7) is 5.22. The van der Waals surface area contributed by atoms with Crippen molar-refractivity contribution in [2.45, 2.75) is 109 Å². The fourth-order valence-corrected chi connectivity index (χ4v) is 7.54. The van der Waals surface area contributed by atoms with Gasteiger partial charge < -0.3 is 34.7 Å². The lowest BCUT2D eigenvalue weighted by Gasteiger charge is -2.48. The minimum absolute atomic E-state index is 0.0694. The molecule has 1 aliphatic carbocycles. The maximum absolute atomic E-state index is 13.1. The Hall–Kier alpha value is -3.94. The second-order valence-corrected chi connectivity index (χ2v) is 14.4. The van der Waals surface area contributed by atoms with E-state index in [1.807, 2.05) is 58.3 Å². The summed E-state index contributed by atoms with van der Waals surface area (Å²) in [5, 5.41) is 22.2. The zero-order valence-corrected chi connectivity index (χ0v) is 30.8. The number of halogens is 1. The maximum Gasteiger partial charge on any atom is 0.232 e. The van der Waals surface area contributed by atoms with Gasteiger partial charge >= 0.3 is 0 Å². The third-order valence-electron chi connectivity index (χ3n) is 9.79. The summed E-state index contributed by atoms with van der Waals surface area (Å²) in [5.41, 5.74) is 2.75. The highest BCUT2D eigenvalue weighted by Gasteiger charge is 2.48. The van der Waals surface area contributed by atoms with Gasteiger partial charge in [-0.3, -0.25) is 4.79 Å². The molecule has 0 bridgehead atoms. The number of nitrogens with zero attached hydrogens (tertiary/aromatic N) is 3. The summed E-state index contributed by atoms with van der Waals surface area (Å²) in [5.74, 6) is 1.85. The molecule has 5 rings (SSSR count). The Balaban J connectivity index is 1.50. The molecule has 270 valence electrons. The van der Waals surface area contributed by atoms with Gasteiger partial charge in [-0.2, -0.15) is 5.26 Å². The van der Waals surface area contributed by atoms with Gasteiger partial charge in [0.05, 0.1) is 47.1 Å². The van der Waals surface area contributed by atoms with Gasteiger partial charge in [-0.05, 0) is 78.0 Å². The van der Waals surface area contributed by atoms with E-state index in [1.165, 1.54) is 25.7 Å². The van der Waals surface area contributed by atoms with Crippen LogP contribution in [0.1, 0.15) is 107 Å². The molecule has 1 saturated carbocycles. The molecule has 0 radical (unpaired) electrons. The molecule has 1 aromatic heterocycles. The molecule has 11 heteroatoms. The van der Waals surface area contributed by atoms with Crippen molar-refractivity contribution < 1.29 is 18.7 Å². The average molecular weight is 705 g/mol.